The predicted octanol–water partition coefficient (Wildman–Crippen LogP) is 3.23. The quantitative estimate of drug-likeness (QED) is 0.373. The molecular formula is C18H29FIN3OS. The second-order valence-electron chi connectivity index (χ2n) is 6.18. The van der Waals surface area contributed by atoms with Crippen LogP contribution >= 0.6 is 24.0 Å². The van der Waals surface area contributed by atoms with Gasteiger partial charge in [-0.2, -0.15) is 0 Å². The van der Waals surface area contributed by atoms with Gasteiger partial charge in [0.05, 0.1) is 0 Å². The minimum atomic E-state index is -0.719. The maximum Gasteiger partial charge on any atom is 0.191 e. The van der Waals surface area contributed by atoms with Gasteiger partial charge in [0.25, 0.3) is 0 Å². The fraction of sp³-hybridized carbons (Fsp3) is 0.611. The molecule has 25 heavy (non-hydrogen) atoms. The lowest BCUT2D eigenvalue weighted by Crippen LogP contribution is -2.47. The van der Waals surface area contributed by atoms with E-state index in [1.54, 1.807) is 19.2 Å². The summed E-state index contributed by atoms with van der Waals surface area (Å²) in [5.74, 6) is 1.30. The van der Waals surface area contributed by atoms with Crippen molar-refractivity contribution in [3.05, 3.63) is 35.6 Å². The second kappa shape index (κ2) is 11.8. The van der Waals surface area contributed by atoms with E-state index in [-0.39, 0.29) is 29.8 Å². The van der Waals surface area contributed by atoms with Crippen LogP contribution in [0.1, 0.15) is 38.2 Å². The lowest BCUT2D eigenvalue weighted by molar-refractivity contribution is 0.413. The lowest BCUT2D eigenvalue weighted by atomic mass is 9.95. The van der Waals surface area contributed by atoms with Crippen LogP contribution in [0, 0.1) is 5.82 Å². The summed E-state index contributed by atoms with van der Waals surface area (Å²) in [4.78, 5) is 4.27. The summed E-state index contributed by atoms with van der Waals surface area (Å²) in [6.45, 7) is 2.68. The van der Waals surface area contributed by atoms with E-state index < -0.39 is 10.8 Å². The van der Waals surface area contributed by atoms with Crippen molar-refractivity contribution in [3.63, 3.8) is 0 Å². The van der Waals surface area contributed by atoms with Crippen LogP contribution < -0.4 is 10.6 Å². The zero-order chi connectivity index (χ0) is 17.4. The summed E-state index contributed by atoms with van der Waals surface area (Å²) < 4.78 is 25.2. The molecule has 2 N–H and O–H groups in total. The summed E-state index contributed by atoms with van der Waals surface area (Å²) in [7, 11) is 1.03. The first-order chi connectivity index (χ1) is 11.6. The normalized spacial score (nSPS) is 22.0. The number of hydrogen-bond acceptors (Lipinski definition) is 2. The minimum Gasteiger partial charge on any atom is -0.356 e. The van der Waals surface area contributed by atoms with Gasteiger partial charge in [-0.1, -0.05) is 25.5 Å². The summed E-state index contributed by atoms with van der Waals surface area (Å²) in [6, 6.07) is 6.99. The molecule has 142 valence electrons. The molecule has 2 rings (SSSR count). The highest BCUT2D eigenvalue weighted by molar-refractivity contribution is 14.0. The first-order valence-electron chi connectivity index (χ1n) is 8.71. The largest absolute Gasteiger partial charge is 0.356 e. The van der Waals surface area contributed by atoms with E-state index in [1.165, 1.54) is 6.07 Å². The van der Waals surface area contributed by atoms with Gasteiger partial charge in [-0.25, -0.2) is 4.39 Å². The molecule has 0 amide bonds. The zero-order valence-corrected chi connectivity index (χ0v) is 18.1. The Labute approximate surface area is 169 Å². The molecule has 0 saturated heterocycles. The number of nitrogens with one attached hydrogen (secondary N) is 2. The highest BCUT2D eigenvalue weighted by atomic mass is 127. The van der Waals surface area contributed by atoms with Gasteiger partial charge >= 0.3 is 0 Å². The molecule has 0 aliphatic heterocycles. The minimum absolute atomic E-state index is 0. The molecular weight excluding hydrogens is 452 g/mol. The topological polar surface area (TPSA) is 53.5 Å². The summed E-state index contributed by atoms with van der Waals surface area (Å²) >= 11 is 0. The Hall–Kier alpha value is -0.700. The van der Waals surface area contributed by atoms with E-state index in [1.807, 2.05) is 13.0 Å². The molecule has 3 atom stereocenters. The van der Waals surface area contributed by atoms with Gasteiger partial charge in [0.15, 0.2) is 5.96 Å². The molecule has 3 unspecified atom stereocenters. The van der Waals surface area contributed by atoms with Crippen LogP contribution in [0.15, 0.2) is 29.3 Å². The average molecular weight is 481 g/mol. The molecule has 4 nitrogen and oxygen atoms in total. The molecule has 0 radical (unpaired) electrons. The Morgan fingerprint density at radius 2 is 2.20 bits per heavy atom. The van der Waals surface area contributed by atoms with Gasteiger partial charge in [0.1, 0.15) is 5.82 Å². The van der Waals surface area contributed by atoms with Crippen LogP contribution in [0.2, 0.25) is 0 Å². The standard InChI is InChI=1S/C18H28FN3OS.HI/c1-3-24(23)17-9-5-8-16(13-17)22-18(20-2)21-11-10-14-6-4-7-15(19)12-14;/h4,6-7,12,16-17H,3,5,8-11,13H2,1-2H3,(H2,20,21,22);1H. The van der Waals surface area contributed by atoms with Crippen LogP contribution in [0.3, 0.4) is 0 Å². The van der Waals surface area contributed by atoms with Crippen LogP contribution in [-0.4, -0.2) is 40.8 Å². The van der Waals surface area contributed by atoms with Crippen molar-refractivity contribution >= 4 is 40.7 Å². The molecule has 0 spiro atoms. The maximum absolute atomic E-state index is 13.2. The molecule has 1 aliphatic rings. The Bertz CT molecular complexity index is 585. The Morgan fingerprint density at radius 1 is 1.40 bits per heavy atom. The summed E-state index contributed by atoms with van der Waals surface area (Å²) in [6.07, 6.45) is 4.93. The van der Waals surface area contributed by atoms with Crippen molar-refractivity contribution in [2.75, 3.05) is 19.3 Å². The van der Waals surface area contributed by atoms with Gasteiger partial charge in [-0.05, 0) is 43.4 Å². The fourth-order valence-electron chi connectivity index (χ4n) is 3.16. The summed E-state index contributed by atoms with van der Waals surface area (Å²) in [5, 5.41) is 7.02. The van der Waals surface area contributed by atoms with Crippen LogP contribution in [0.4, 0.5) is 4.39 Å². The highest BCUT2D eigenvalue weighted by Gasteiger charge is 2.25. The number of rotatable bonds is 6. The third-order valence-electron chi connectivity index (χ3n) is 4.44. The molecule has 1 fully saturated rings. The molecule has 0 bridgehead atoms. The molecule has 1 saturated carbocycles. The van der Waals surface area contributed by atoms with E-state index in [4.69, 9.17) is 0 Å². The van der Waals surface area contributed by atoms with E-state index in [2.05, 4.69) is 15.6 Å². The van der Waals surface area contributed by atoms with Gasteiger partial charge in [0, 0.05) is 41.4 Å². The predicted molar refractivity (Wildman–Crippen MR) is 115 cm³/mol. The van der Waals surface area contributed by atoms with Crippen molar-refractivity contribution < 1.29 is 8.60 Å². The third kappa shape index (κ3) is 7.60. The molecule has 0 aromatic heterocycles. The smallest absolute Gasteiger partial charge is 0.191 e. The highest BCUT2D eigenvalue weighted by Crippen LogP contribution is 2.22. The number of benzene rings is 1. The van der Waals surface area contributed by atoms with Gasteiger partial charge in [-0.3, -0.25) is 9.20 Å². The Balaban J connectivity index is 0.00000312. The van der Waals surface area contributed by atoms with E-state index >= 15 is 0 Å². The van der Waals surface area contributed by atoms with Crippen molar-refractivity contribution in [1.82, 2.24) is 10.6 Å². The number of hydrogen-bond donors (Lipinski definition) is 2. The van der Waals surface area contributed by atoms with Gasteiger partial charge in [-0.15, -0.1) is 24.0 Å². The van der Waals surface area contributed by atoms with Crippen LogP contribution in [-0.2, 0) is 17.2 Å². The van der Waals surface area contributed by atoms with Crippen molar-refractivity contribution in [3.8, 4) is 0 Å². The average Bonchev–Trinajstić information content (AvgIpc) is 2.60. The summed E-state index contributed by atoms with van der Waals surface area (Å²) in [5.41, 5.74) is 0.967. The molecule has 7 heteroatoms. The Kier molecular flexibility index (Phi) is 10.6. The number of halogens is 2. The fourth-order valence-corrected chi connectivity index (χ4v) is 4.50. The molecule has 0 heterocycles. The number of aliphatic imine (C=N–C) groups is 1. The van der Waals surface area contributed by atoms with E-state index in [0.717, 1.165) is 49.4 Å². The van der Waals surface area contributed by atoms with E-state index in [0.29, 0.717) is 17.8 Å². The Morgan fingerprint density at radius 3 is 2.88 bits per heavy atom. The van der Waals surface area contributed by atoms with Gasteiger partial charge < -0.3 is 10.6 Å². The van der Waals surface area contributed by atoms with Crippen molar-refractivity contribution in [1.29, 1.82) is 0 Å². The van der Waals surface area contributed by atoms with Crippen molar-refractivity contribution in [2.45, 2.75) is 50.3 Å². The van der Waals surface area contributed by atoms with Crippen molar-refractivity contribution in [2.24, 2.45) is 4.99 Å². The first-order valence-corrected chi connectivity index (χ1v) is 10.1. The number of nitrogens with zero attached hydrogens (tertiary/aromatic N) is 1. The molecule has 1 aromatic carbocycles. The maximum atomic E-state index is 13.2. The SMILES string of the molecule is CCS(=O)C1CCCC(NC(=NC)NCCc2cccc(F)c2)C1.I. The molecule has 1 aliphatic carbocycles. The van der Waals surface area contributed by atoms with Gasteiger partial charge in [0.2, 0.25) is 0 Å². The first kappa shape index (κ1) is 22.3. The van der Waals surface area contributed by atoms with Crippen LogP contribution in [0.5, 0.6) is 0 Å². The monoisotopic (exact) mass is 481 g/mol. The zero-order valence-electron chi connectivity index (χ0n) is 15.0. The number of guanidine groups is 1. The lowest BCUT2D eigenvalue weighted by Gasteiger charge is -2.30. The molecule has 1 aromatic rings. The van der Waals surface area contributed by atoms with Crippen LogP contribution in [0.25, 0.3) is 0 Å². The van der Waals surface area contributed by atoms with E-state index in [9.17, 15) is 8.60 Å². The third-order valence-corrected chi connectivity index (χ3v) is 6.18. The second-order valence-corrected chi connectivity index (χ2v) is 8.18.